The van der Waals surface area contributed by atoms with Crippen LogP contribution in [0.4, 0.5) is 4.39 Å². The van der Waals surface area contributed by atoms with E-state index in [0.29, 0.717) is 18.4 Å². The van der Waals surface area contributed by atoms with Gasteiger partial charge in [-0.2, -0.15) is 5.10 Å². The number of benzene rings is 1. The van der Waals surface area contributed by atoms with E-state index in [9.17, 15) is 9.18 Å². The molecule has 2 aromatic rings. The van der Waals surface area contributed by atoms with Crippen LogP contribution in [0.3, 0.4) is 0 Å². The van der Waals surface area contributed by atoms with Gasteiger partial charge >= 0.3 is 0 Å². The summed E-state index contributed by atoms with van der Waals surface area (Å²) < 4.78 is 13.7. The smallest absolute Gasteiger partial charge is 0.223 e. The lowest BCUT2D eigenvalue weighted by Gasteiger charge is -2.35. The number of nitrogens with one attached hydrogen (secondary N) is 1. The van der Waals surface area contributed by atoms with Gasteiger partial charge < -0.3 is 4.90 Å². The number of likely N-dealkylation sites (tertiary alicyclic amines) is 1. The van der Waals surface area contributed by atoms with E-state index < -0.39 is 0 Å². The second kappa shape index (κ2) is 6.94. The average Bonchev–Trinajstić information content (AvgIpc) is 3.00. The summed E-state index contributed by atoms with van der Waals surface area (Å²) >= 11 is 0. The third-order valence-electron chi connectivity index (χ3n) is 4.59. The molecule has 4 nitrogen and oxygen atoms in total. The van der Waals surface area contributed by atoms with Gasteiger partial charge in [-0.25, -0.2) is 4.39 Å². The number of hydrogen-bond acceptors (Lipinski definition) is 2. The average molecular weight is 315 g/mol. The van der Waals surface area contributed by atoms with E-state index in [1.807, 2.05) is 11.8 Å². The minimum absolute atomic E-state index is 0.0689. The van der Waals surface area contributed by atoms with Crippen molar-refractivity contribution in [3.05, 3.63) is 53.1 Å². The highest BCUT2D eigenvalue weighted by Gasteiger charge is 2.29. The number of halogens is 1. The standard InChI is InChI=1S/C18H22FN3O/c1-13-12-20-21-18(13)16-8-4-5-11-22(16)17(23)10-9-14-6-2-3-7-15(14)19/h2-3,6-7,12,16H,4-5,8-11H2,1H3,(H,20,21)/t16-/m0/s1. The van der Waals surface area contributed by atoms with Crippen LogP contribution < -0.4 is 0 Å². The lowest BCUT2D eigenvalue weighted by atomic mass is 9.96. The number of amides is 1. The lowest BCUT2D eigenvalue weighted by molar-refractivity contribution is -0.135. The van der Waals surface area contributed by atoms with Crippen LogP contribution in [0, 0.1) is 12.7 Å². The molecule has 1 aromatic carbocycles. The van der Waals surface area contributed by atoms with Crippen LogP contribution in [-0.2, 0) is 11.2 Å². The number of aromatic nitrogens is 2. The van der Waals surface area contributed by atoms with Crippen LogP contribution in [0.1, 0.15) is 48.5 Å². The van der Waals surface area contributed by atoms with E-state index >= 15 is 0 Å². The van der Waals surface area contributed by atoms with Crippen molar-refractivity contribution >= 4 is 5.91 Å². The zero-order chi connectivity index (χ0) is 16.2. The maximum Gasteiger partial charge on any atom is 0.223 e. The maximum atomic E-state index is 13.7. The highest BCUT2D eigenvalue weighted by atomic mass is 19.1. The van der Waals surface area contributed by atoms with Gasteiger partial charge in [0.25, 0.3) is 0 Å². The zero-order valence-corrected chi connectivity index (χ0v) is 13.4. The summed E-state index contributed by atoms with van der Waals surface area (Å²) in [6.45, 7) is 2.77. The zero-order valence-electron chi connectivity index (χ0n) is 13.4. The quantitative estimate of drug-likeness (QED) is 0.938. The molecule has 1 atom stereocenters. The van der Waals surface area contributed by atoms with Crippen molar-refractivity contribution in [3.8, 4) is 0 Å². The Morgan fingerprint density at radius 1 is 1.39 bits per heavy atom. The molecule has 1 aliphatic heterocycles. The van der Waals surface area contributed by atoms with E-state index in [0.717, 1.165) is 37.1 Å². The number of carbonyl (C=O) groups is 1. The molecule has 1 aliphatic rings. The van der Waals surface area contributed by atoms with E-state index in [2.05, 4.69) is 10.2 Å². The van der Waals surface area contributed by atoms with Crippen molar-refractivity contribution in [2.45, 2.75) is 45.1 Å². The van der Waals surface area contributed by atoms with Gasteiger partial charge in [-0.15, -0.1) is 0 Å². The van der Waals surface area contributed by atoms with Crippen LogP contribution in [0.15, 0.2) is 30.5 Å². The Morgan fingerprint density at radius 3 is 2.96 bits per heavy atom. The number of aromatic amines is 1. The van der Waals surface area contributed by atoms with Crippen LogP contribution in [0.2, 0.25) is 0 Å². The van der Waals surface area contributed by atoms with Crippen LogP contribution >= 0.6 is 0 Å². The Bertz CT molecular complexity index is 682. The van der Waals surface area contributed by atoms with Crippen molar-refractivity contribution in [2.75, 3.05) is 6.54 Å². The fourth-order valence-corrected chi connectivity index (χ4v) is 3.31. The molecule has 23 heavy (non-hydrogen) atoms. The molecular weight excluding hydrogens is 293 g/mol. The molecule has 1 amide bonds. The summed E-state index contributed by atoms with van der Waals surface area (Å²) in [5, 5.41) is 7.12. The SMILES string of the molecule is Cc1cn[nH]c1[C@@H]1CCCCN1C(=O)CCc1ccccc1F. The van der Waals surface area contributed by atoms with E-state index in [1.165, 1.54) is 6.07 Å². The second-order valence-electron chi connectivity index (χ2n) is 6.16. The Hall–Kier alpha value is -2.17. The van der Waals surface area contributed by atoms with Gasteiger partial charge in [0.2, 0.25) is 5.91 Å². The number of H-pyrrole nitrogens is 1. The third-order valence-corrected chi connectivity index (χ3v) is 4.59. The minimum atomic E-state index is -0.236. The minimum Gasteiger partial charge on any atom is -0.334 e. The number of hydrogen-bond donors (Lipinski definition) is 1. The van der Waals surface area contributed by atoms with Crippen LogP contribution in [0.25, 0.3) is 0 Å². The number of nitrogens with zero attached hydrogens (tertiary/aromatic N) is 2. The van der Waals surface area contributed by atoms with Gasteiger partial charge in [0.1, 0.15) is 5.82 Å². The first-order chi connectivity index (χ1) is 11.2. The topological polar surface area (TPSA) is 49.0 Å². The summed E-state index contributed by atoms with van der Waals surface area (Å²) in [7, 11) is 0. The molecule has 5 heteroatoms. The molecule has 1 fully saturated rings. The molecule has 2 heterocycles. The van der Waals surface area contributed by atoms with Crippen molar-refractivity contribution < 1.29 is 9.18 Å². The molecule has 1 N–H and O–H groups in total. The molecule has 1 saturated heterocycles. The van der Waals surface area contributed by atoms with E-state index in [-0.39, 0.29) is 17.8 Å². The first kappa shape index (κ1) is 15.7. The van der Waals surface area contributed by atoms with Gasteiger partial charge in [0, 0.05) is 13.0 Å². The van der Waals surface area contributed by atoms with E-state index in [1.54, 1.807) is 24.4 Å². The Balaban J connectivity index is 1.69. The summed E-state index contributed by atoms with van der Waals surface area (Å²) in [4.78, 5) is 14.6. The Labute approximate surface area is 135 Å². The highest BCUT2D eigenvalue weighted by molar-refractivity contribution is 5.77. The fourth-order valence-electron chi connectivity index (χ4n) is 3.31. The number of rotatable bonds is 4. The molecule has 0 unspecified atom stereocenters. The van der Waals surface area contributed by atoms with E-state index in [4.69, 9.17) is 0 Å². The largest absolute Gasteiger partial charge is 0.334 e. The van der Waals surface area contributed by atoms with Gasteiger partial charge in [-0.05, 0) is 49.8 Å². The summed E-state index contributed by atoms with van der Waals surface area (Å²) in [6.07, 6.45) is 5.66. The first-order valence-corrected chi connectivity index (χ1v) is 8.19. The maximum absolute atomic E-state index is 13.7. The number of piperidine rings is 1. The molecule has 0 bridgehead atoms. The predicted octanol–water partition coefficient (Wildman–Crippen LogP) is 3.54. The van der Waals surface area contributed by atoms with Gasteiger partial charge in [-0.1, -0.05) is 18.2 Å². The number of aryl methyl sites for hydroxylation is 2. The molecule has 1 aromatic heterocycles. The third kappa shape index (κ3) is 3.44. The first-order valence-electron chi connectivity index (χ1n) is 8.19. The summed E-state index contributed by atoms with van der Waals surface area (Å²) in [5.41, 5.74) is 2.72. The molecular formula is C18H22FN3O. The molecule has 0 aliphatic carbocycles. The van der Waals surface area contributed by atoms with Crippen LogP contribution in [-0.4, -0.2) is 27.5 Å². The molecule has 122 valence electrons. The fraction of sp³-hybridized carbons (Fsp3) is 0.444. The van der Waals surface area contributed by atoms with Crippen molar-refractivity contribution in [1.82, 2.24) is 15.1 Å². The Kier molecular flexibility index (Phi) is 4.74. The molecule has 0 saturated carbocycles. The number of carbonyl (C=O) groups excluding carboxylic acids is 1. The molecule has 0 spiro atoms. The molecule has 3 rings (SSSR count). The highest BCUT2D eigenvalue weighted by Crippen LogP contribution is 2.32. The van der Waals surface area contributed by atoms with Crippen LogP contribution in [0.5, 0.6) is 0 Å². The second-order valence-corrected chi connectivity index (χ2v) is 6.16. The van der Waals surface area contributed by atoms with Crippen molar-refractivity contribution in [2.24, 2.45) is 0 Å². The predicted molar refractivity (Wildman–Crippen MR) is 86.4 cm³/mol. The van der Waals surface area contributed by atoms with Gasteiger partial charge in [0.05, 0.1) is 17.9 Å². The summed E-state index contributed by atoms with van der Waals surface area (Å²) in [6, 6.07) is 6.73. The normalized spacial score (nSPS) is 18.2. The lowest BCUT2D eigenvalue weighted by Crippen LogP contribution is -2.39. The van der Waals surface area contributed by atoms with Crippen molar-refractivity contribution in [1.29, 1.82) is 0 Å². The summed E-state index contributed by atoms with van der Waals surface area (Å²) in [5.74, 6) is -0.146. The van der Waals surface area contributed by atoms with Gasteiger partial charge in [-0.3, -0.25) is 9.89 Å². The Morgan fingerprint density at radius 2 is 2.22 bits per heavy atom. The van der Waals surface area contributed by atoms with Gasteiger partial charge in [0.15, 0.2) is 0 Å². The van der Waals surface area contributed by atoms with Crippen molar-refractivity contribution in [3.63, 3.8) is 0 Å². The monoisotopic (exact) mass is 315 g/mol. The molecule has 0 radical (unpaired) electrons.